The molecule has 2 rings (SSSR count). The molecule has 0 unspecified atom stereocenters. The molecule has 1 heterocycles. The molecule has 1 amide bonds. The zero-order chi connectivity index (χ0) is 15.1. The minimum absolute atomic E-state index is 0.0558. The van der Waals surface area contributed by atoms with Gasteiger partial charge in [0.15, 0.2) is 0 Å². The fourth-order valence-corrected chi connectivity index (χ4v) is 2.08. The second kappa shape index (κ2) is 7.64. The lowest BCUT2D eigenvalue weighted by Crippen LogP contribution is -2.28. The van der Waals surface area contributed by atoms with E-state index < -0.39 is 0 Å². The van der Waals surface area contributed by atoms with Crippen molar-refractivity contribution in [2.24, 2.45) is 0 Å². The summed E-state index contributed by atoms with van der Waals surface area (Å²) in [5, 5.41) is 3.55. The molecule has 0 saturated carbocycles. The van der Waals surface area contributed by atoms with Crippen LogP contribution in [0.2, 0.25) is 5.02 Å². The largest absolute Gasteiger partial charge is 0.356 e. The van der Waals surface area contributed by atoms with E-state index in [-0.39, 0.29) is 11.5 Å². The number of nitrogens with zero attached hydrogens (tertiary/aromatic N) is 1. The molecule has 0 fully saturated rings. The SMILES string of the molecule is O=C(CCn1ccccc1=O)NCCc1ccc(Cl)cc1. The van der Waals surface area contributed by atoms with Crippen LogP contribution < -0.4 is 10.9 Å². The minimum atomic E-state index is -0.0912. The molecular weight excluding hydrogens is 288 g/mol. The molecule has 4 nitrogen and oxygen atoms in total. The number of hydrogen-bond acceptors (Lipinski definition) is 2. The van der Waals surface area contributed by atoms with Crippen LogP contribution in [0.3, 0.4) is 0 Å². The van der Waals surface area contributed by atoms with E-state index >= 15 is 0 Å². The molecule has 2 aromatic rings. The molecular formula is C16H17ClN2O2. The van der Waals surface area contributed by atoms with Gasteiger partial charge in [0.1, 0.15) is 0 Å². The predicted molar refractivity (Wildman–Crippen MR) is 83.5 cm³/mol. The molecule has 5 heteroatoms. The van der Waals surface area contributed by atoms with Crippen molar-refractivity contribution in [2.75, 3.05) is 6.54 Å². The van der Waals surface area contributed by atoms with Gasteiger partial charge in [-0.05, 0) is 30.2 Å². The first-order valence-electron chi connectivity index (χ1n) is 6.82. The van der Waals surface area contributed by atoms with Gasteiger partial charge >= 0.3 is 0 Å². The highest BCUT2D eigenvalue weighted by molar-refractivity contribution is 6.30. The molecule has 1 aromatic heterocycles. The van der Waals surface area contributed by atoms with E-state index in [4.69, 9.17) is 11.6 Å². The molecule has 0 saturated heterocycles. The molecule has 0 radical (unpaired) electrons. The molecule has 1 aromatic carbocycles. The highest BCUT2D eigenvalue weighted by Gasteiger charge is 2.02. The number of rotatable bonds is 6. The third-order valence-electron chi connectivity index (χ3n) is 3.13. The van der Waals surface area contributed by atoms with Gasteiger partial charge in [0, 0.05) is 36.8 Å². The molecule has 1 N–H and O–H groups in total. The van der Waals surface area contributed by atoms with Gasteiger partial charge in [-0.15, -0.1) is 0 Å². The lowest BCUT2D eigenvalue weighted by atomic mass is 10.1. The van der Waals surface area contributed by atoms with Crippen LogP contribution in [0, 0.1) is 0 Å². The Morgan fingerprint density at radius 1 is 1.14 bits per heavy atom. The van der Waals surface area contributed by atoms with Crippen molar-refractivity contribution < 1.29 is 4.79 Å². The fourth-order valence-electron chi connectivity index (χ4n) is 1.95. The first-order chi connectivity index (χ1) is 10.1. The van der Waals surface area contributed by atoms with Crippen molar-refractivity contribution in [3.8, 4) is 0 Å². The summed E-state index contributed by atoms with van der Waals surface area (Å²) in [6.07, 6.45) is 2.74. The summed E-state index contributed by atoms with van der Waals surface area (Å²) in [7, 11) is 0. The summed E-state index contributed by atoms with van der Waals surface area (Å²) in [5.74, 6) is -0.0558. The van der Waals surface area contributed by atoms with Crippen LogP contribution in [0.4, 0.5) is 0 Å². The quantitative estimate of drug-likeness (QED) is 0.890. The van der Waals surface area contributed by atoms with Crippen molar-refractivity contribution in [3.63, 3.8) is 0 Å². The maximum atomic E-state index is 11.7. The molecule has 0 spiro atoms. The Hall–Kier alpha value is -2.07. The summed E-state index contributed by atoms with van der Waals surface area (Å²) in [6, 6.07) is 12.5. The van der Waals surface area contributed by atoms with E-state index in [9.17, 15) is 9.59 Å². The standard InChI is InChI=1S/C16H17ClN2O2/c17-14-6-4-13(5-7-14)8-10-18-15(20)9-12-19-11-2-1-3-16(19)21/h1-7,11H,8-10,12H2,(H,18,20). The summed E-state index contributed by atoms with van der Waals surface area (Å²) >= 11 is 5.81. The number of hydrogen-bond donors (Lipinski definition) is 1. The molecule has 0 bridgehead atoms. The topological polar surface area (TPSA) is 51.1 Å². The highest BCUT2D eigenvalue weighted by atomic mass is 35.5. The second-order valence-corrected chi connectivity index (χ2v) is 5.15. The van der Waals surface area contributed by atoms with E-state index in [1.54, 1.807) is 18.3 Å². The van der Waals surface area contributed by atoms with Gasteiger partial charge in [-0.1, -0.05) is 29.8 Å². The van der Waals surface area contributed by atoms with E-state index in [1.807, 2.05) is 24.3 Å². The average molecular weight is 305 g/mol. The Bertz CT molecular complexity index is 650. The van der Waals surface area contributed by atoms with E-state index in [2.05, 4.69) is 5.32 Å². The smallest absolute Gasteiger partial charge is 0.250 e. The van der Waals surface area contributed by atoms with Crippen LogP contribution in [0.25, 0.3) is 0 Å². The minimum Gasteiger partial charge on any atom is -0.356 e. The number of halogens is 1. The van der Waals surface area contributed by atoms with Crippen molar-refractivity contribution in [1.29, 1.82) is 0 Å². The van der Waals surface area contributed by atoms with Gasteiger partial charge in [-0.25, -0.2) is 0 Å². The van der Waals surface area contributed by atoms with Gasteiger partial charge in [0.25, 0.3) is 5.56 Å². The van der Waals surface area contributed by atoms with Crippen molar-refractivity contribution in [1.82, 2.24) is 9.88 Å². The first-order valence-corrected chi connectivity index (χ1v) is 7.19. The first kappa shape index (κ1) is 15.3. The van der Waals surface area contributed by atoms with Crippen LogP contribution in [-0.4, -0.2) is 17.0 Å². The lowest BCUT2D eigenvalue weighted by Gasteiger charge is -2.07. The average Bonchev–Trinajstić information content (AvgIpc) is 2.48. The zero-order valence-corrected chi connectivity index (χ0v) is 12.3. The van der Waals surface area contributed by atoms with Gasteiger partial charge < -0.3 is 9.88 Å². The lowest BCUT2D eigenvalue weighted by molar-refractivity contribution is -0.121. The molecule has 0 aliphatic heterocycles. The number of carbonyl (C=O) groups is 1. The number of aryl methyl sites for hydroxylation is 1. The molecule has 21 heavy (non-hydrogen) atoms. The Morgan fingerprint density at radius 3 is 2.62 bits per heavy atom. The van der Waals surface area contributed by atoms with E-state index in [0.29, 0.717) is 24.5 Å². The van der Waals surface area contributed by atoms with Crippen LogP contribution in [0.1, 0.15) is 12.0 Å². The van der Waals surface area contributed by atoms with Gasteiger partial charge in [0.2, 0.25) is 5.91 Å². The highest BCUT2D eigenvalue weighted by Crippen LogP contribution is 2.09. The maximum absolute atomic E-state index is 11.7. The normalized spacial score (nSPS) is 10.3. The number of amides is 1. The molecule has 0 aliphatic rings. The monoisotopic (exact) mass is 304 g/mol. The second-order valence-electron chi connectivity index (χ2n) is 4.71. The maximum Gasteiger partial charge on any atom is 0.250 e. The number of nitrogens with one attached hydrogen (secondary N) is 1. The van der Waals surface area contributed by atoms with Crippen LogP contribution in [0.15, 0.2) is 53.5 Å². The Balaban J connectivity index is 1.72. The molecule has 0 atom stereocenters. The van der Waals surface area contributed by atoms with Gasteiger partial charge in [0.05, 0.1) is 0 Å². The third-order valence-corrected chi connectivity index (χ3v) is 3.38. The van der Waals surface area contributed by atoms with E-state index in [1.165, 1.54) is 10.6 Å². The van der Waals surface area contributed by atoms with Crippen molar-refractivity contribution in [2.45, 2.75) is 19.4 Å². The van der Waals surface area contributed by atoms with Crippen molar-refractivity contribution >= 4 is 17.5 Å². The van der Waals surface area contributed by atoms with Crippen LogP contribution in [-0.2, 0) is 17.8 Å². The fraction of sp³-hybridized carbons (Fsp3) is 0.250. The Kier molecular flexibility index (Phi) is 5.58. The summed E-state index contributed by atoms with van der Waals surface area (Å²) in [6.45, 7) is 0.969. The molecule has 110 valence electrons. The predicted octanol–water partition coefficient (Wildman–Crippen LogP) is 2.25. The van der Waals surface area contributed by atoms with Crippen LogP contribution >= 0.6 is 11.6 Å². The van der Waals surface area contributed by atoms with Gasteiger partial charge in [-0.2, -0.15) is 0 Å². The summed E-state index contributed by atoms with van der Waals surface area (Å²) in [5.41, 5.74) is 1.03. The third kappa shape index (κ3) is 5.08. The zero-order valence-electron chi connectivity index (χ0n) is 11.6. The molecule has 0 aliphatic carbocycles. The number of carbonyl (C=O) groups excluding carboxylic acids is 1. The summed E-state index contributed by atoms with van der Waals surface area (Å²) in [4.78, 5) is 23.2. The number of pyridine rings is 1. The Morgan fingerprint density at radius 2 is 1.90 bits per heavy atom. The Labute approximate surface area is 128 Å². The van der Waals surface area contributed by atoms with E-state index in [0.717, 1.165) is 12.0 Å². The van der Waals surface area contributed by atoms with Crippen LogP contribution in [0.5, 0.6) is 0 Å². The van der Waals surface area contributed by atoms with Gasteiger partial charge in [-0.3, -0.25) is 9.59 Å². The summed E-state index contributed by atoms with van der Waals surface area (Å²) < 4.78 is 1.53. The number of benzene rings is 1. The van der Waals surface area contributed by atoms with Crippen molar-refractivity contribution in [3.05, 3.63) is 69.6 Å². The number of aromatic nitrogens is 1.